The number of anilines is 1. The van der Waals surface area contributed by atoms with Crippen LogP contribution >= 0.6 is 34.0 Å². The molecular weight excluding hydrogens is 320 g/mol. The van der Waals surface area contributed by atoms with Gasteiger partial charge in [0, 0.05) is 5.38 Å². The summed E-state index contributed by atoms with van der Waals surface area (Å²) in [6.45, 7) is 0. The molecule has 3 heterocycles. The van der Waals surface area contributed by atoms with E-state index in [1.807, 2.05) is 22.9 Å². The van der Waals surface area contributed by atoms with Crippen LogP contribution in [-0.2, 0) is 10.0 Å². The second kappa shape index (κ2) is 5.04. The summed E-state index contributed by atoms with van der Waals surface area (Å²) in [5.74, 6) is 0. The number of thiazole rings is 1. The molecule has 3 rings (SSSR count). The maximum absolute atomic E-state index is 12.0. The molecule has 0 aliphatic heterocycles. The Bertz CT molecular complexity index is 758. The zero-order valence-electron chi connectivity index (χ0n) is 9.44. The summed E-state index contributed by atoms with van der Waals surface area (Å²) in [5.41, 5.74) is 0.795. The fraction of sp³-hybridized carbons (Fsp3) is 0. The number of aromatic nitrogens is 1. The average molecular weight is 328 g/mol. The molecule has 0 aliphatic carbocycles. The van der Waals surface area contributed by atoms with Crippen LogP contribution in [0.1, 0.15) is 0 Å². The summed E-state index contributed by atoms with van der Waals surface area (Å²) in [7, 11) is -3.51. The Morgan fingerprint density at radius 1 is 1.05 bits per heavy atom. The van der Waals surface area contributed by atoms with E-state index in [2.05, 4.69) is 9.71 Å². The molecule has 19 heavy (non-hydrogen) atoms. The van der Waals surface area contributed by atoms with E-state index in [9.17, 15) is 8.42 Å². The summed E-state index contributed by atoms with van der Waals surface area (Å²) in [6, 6.07) is 7.17. The highest BCUT2D eigenvalue weighted by Gasteiger charge is 2.17. The van der Waals surface area contributed by atoms with Crippen molar-refractivity contribution in [1.29, 1.82) is 0 Å². The first-order chi connectivity index (χ1) is 9.15. The minimum Gasteiger partial charge on any atom is -0.254 e. The third-order valence-corrected chi connectivity index (χ3v) is 6.78. The normalized spacial score (nSPS) is 11.6. The molecule has 0 amide bonds. The van der Waals surface area contributed by atoms with E-state index in [1.54, 1.807) is 28.8 Å². The van der Waals surface area contributed by atoms with Crippen LogP contribution in [0, 0.1) is 0 Å². The van der Waals surface area contributed by atoms with Gasteiger partial charge in [-0.15, -0.1) is 34.0 Å². The number of thiophene rings is 2. The summed E-state index contributed by atoms with van der Waals surface area (Å²) in [4.78, 5) is 5.32. The van der Waals surface area contributed by atoms with Crippen molar-refractivity contribution in [1.82, 2.24) is 4.98 Å². The van der Waals surface area contributed by atoms with Gasteiger partial charge in [-0.25, -0.2) is 13.4 Å². The standard InChI is InChI=1S/C11H8N2O2S4/c14-19(15,10-4-2-6-17-10)13-11-12-8(7-18-11)9-3-1-5-16-9/h1-7H,(H,12,13). The monoisotopic (exact) mass is 328 g/mol. The Hall–Kier alpha value is -1.22. The zero-order valence-corrected chi connectivity index (χ0v) is 12.7. The Labute approximate surface area is 122 Å². The quantitative estimate of drug-likeness (QED) is 0.794. The Morgan fingerprint density at radius 3 is 2.53 bits per heavy atom. The van der Waals surface area contributed by atoms with E-state index in [0.717, 1.165) is 10.6 Å². The van der Waals surface area contributed by atoms with Crippen LogP contribution in [0.25, 0.3) is 10.6 Å². The lowest BCUT2D eigenvalue weighted by molar-refractivity contribution is 0.603. The number of rotatable bonds is 4. The van der Waals surface area contributed by atoms with Crippen molar-refractivity contribution in [2.45, 2.75) is 4.21 Å². The SMILES string of the molecule is O=S(=O)(Nc1nc(-c2cccs2)cs1)c1cccs1. The maximum Gasteiger partial charge on any atom is 0.273 e. The molecule has 3 aromatic rings. The molecule has 0 aromatic carbocycles. The molecule has 1 N–H and O–H groups in total. The Balaban J connectivity index is 1.85. The topological polar surface area (TPSA) is 59.1 Å². The first-order valence-electron chi connectivity index (χ1n) is 5.21. The van der Waals surface area contributed by atoms with Crippen LogP contribution in [0.4, 0.5) is 5.13 Å². The summed E-state index contributed by atoms with van der Waals surface area (Å²) < 4.78 is 26.8. The van der Waals surface area contributed by atoms with Crippen molar-refractivity contribution in [3.8, 4) is 10.6 Å². The second-order valence-corrected chi connectivity index (χ2v) is 8.22. The Morgan fingerprint density at radius 2 is 1.84 bits per heavy atom. The van der Waals surface area contributed by atoms with Gasteiger partial charge >= 0.3 is 0 Å². The van der Waals surface area contributed by atoms with Gasteiger partial charge in [-0.3, -0.25) is 4.72 Å². The lowest BCUT2D eigenvalue weighted by Crippen LogP contribution is -2.11. The fourth-order valence-electron chi connectivity index (χ4n) is 1.44. The predicted octanol–water partition coefficient (Wildman–Crippen LogP) is 3.73. The van der Waals surface area contributed by atoms with Crippen molar-refractivity contribution in [3.63, 3.8) is 0 Å². The molecule has 8 heteroatoms. The minimum absolute atomic E-state index is 0.292. The first-order valence-corrected chi connectivity index (χ1v) is 9.33. The van der Waals surface area contributed by atoms with Crippen LogP contribution < -0.4 is 4.72 Å². The van der Waals surface area contributed by atoms with Crippen LogP contribution in [0.2, 0.25) is 0 Å². The lowest BCUT2D eigenvalue weighted by Gasteiger charge is -2.01. The van der Waals surface area contributed by atoms with Gasteiger partial charge < -0.3 is 0 Å². The van der Waals surface area contributed by atoms with Crippen molar-refractivity contribution >= 4 is 49.2 Å². The molecule has 0 fully saturated rings. The molecule has 0 bridgehead atoms. The molecule has 0 saturated carbocycles. The molecule has 0 atom stereocenters. The van der Waals surface area contributed by atoms with Crippen molar-refractivity contribution in [2.24, 2.45) is 0 Å². The van der Waals surface area contributed by atoms with E-state index in [-0.39, 0.29) is 0 Å². The molecule has 0 aliphatic rings. The second-order valence-electron chi connectivity index (χ2n) is 3.55. The van der Waals surface area contributed by atoms with Crippen LogP contribution in [-0.4, -0.2) is 13.4 Å². The molecule has 4 nitrogen and oxygen atoms in total. The van der Waals surface area contributed by atoms with Crippen molar-refractivity contribution in [2.75, 3.05) is 4.72 Å². The lowest BCUT2D eigenvalue weighted by atomic mass is 10.4. The van der Waals surface area contributed by atoms with Crippen molar-refractivity contribution in [3.05, 3.63) is 40.4 Å². The number of nitrogens with zero attached hydrogens (tertiary/aromatic N) is 1. The molecular formula is C11H8N2O2S4. The molecule has 3 aromatic heterocycles. The smallest absolute Gasteiger partial charge is 0.254 e. The van der Waals surface area contributed by atoms with E-state index < -0.39 is 10.0 Å². The van der Waals surface area contributed by atoms with E-state index in [0.29, 0.717) is 9.34 Å². The van der Waals surface area contributed by atoms with Gasteiger partial charge in [0.05, 0.1) is 10.6 Å². The third kappa shape index (κ3) is 2.71. The summed E-state index contributed by atoms with van der Waals surface area (Å²) >= 11 is 4.04. The van der Waals surface area contributed by atoms with Crippen molar-refractivity contribution < 1.29 is 8.42 Å². The van der Waals surface area contributed by atoms with Crippen LogP contribution in [0.3, 0.4) is 0 Å². The highest BCUT2D eigenvalue weighted by Crippen LogP contribution is 2.29. The number of hydrogen-bond donors (Lipinski definition) is 1. The van der Waals surface area contributed by atoms with E-state index in [4.69, 9.17) is 0 Å². The van der Waals surface area contributed by atoms with Gasteiger partial charge in [0.2, 0.25) is 0 Å². The molecule has 0 unspecified atom stereocenters. The minimum atomic E-state index is -3.51. The highest BCUT2D eigenvalue weighted by molar-refractivity contribution is 7.94. The van der Waals surface area contributed by atoms with E-state index >= 15 is 0 Å². The molecule has 98 valence electrons. The van der Waals surface area contributed by atoms with Gasteiger partial charge in [0.25, 0.3) is 10.0 Å². The van der Waals surface area contributed by atoms with Gasteiger partial charge in [-0.05, 0) is 22.9 Å². The average Bonchev–Trinajstić information content (AvgIpc) is 3.11. The summed E-state index contributed by atoms with van der Waals surface area (Å²) in [5, 5.41) is 5.92. The van der Waals surface area contributed by atoms with E-state index in [1.165, 1.54) is 22.7 Å². The van der Waals surface area contributed by atoms with Gasteiger partial charge in [-0.1, -0.05) is 12.1 Å². The summed E-state index contributed by atoms with van der Waals surface area (Å²) in [6.07, 6.45) is 0. The molecule has 0 radical (unpaired) electrons. The Kier molecular flexibility index (Phi) is 3.40. The van der Waals surface area contributed by atoms with Gasteiger partial charge in [0.1, 0.15) is 4.21 Å². The third-order valence-electron chi connectivity index (χ3n) is 2.26. The van der Waals surface area contributed by atoms with Gasteiger partial charge in [0.15, 0.2) is 5.13 Å². The molecule has 0 saturated heterocycles. The first kappa shape index (κ1) is 12.8. The largest absolute Gasteiger partial charge is 0.273 e. The number of hydrogen-bond acceptors (Lipinski definition) is 6. The number of sulfonamides is 1. The van der Waals surface area contributed by atoms with Crippen LogP contribution in [0.15, 0.2) is 44.6 Å². The van der Waals surface area contributed by atoms with Gasteiger partial charge in [-0.2, -0.15) is 0 Å². The fourth-order valence-corrected chi connectivity index (χ4v) is 5.16. The molecule has 0 spiro atoms. The van der Waals surface area contributed by atoms with Crippen LogP contribution in [0.5, 0.6) is 0 Å². The number of nitrogens with one attached hydrogen (secondary N) is 1. The zero-order chi connectivity index (χ0) is 13.3. The predicted molar refractivity (Wildman–Crippen MR) is 80.6 cm³/mol. The maximum atomic E-state index is 12.0. The highest BCUT2D eigenvalue weighted by atomic mass is 32.2.